The average molecular weight is 383 g/mol. The van der Waals surface area contributed by atoms with Crippen molar-refractivity contribution in [2.24, 2.45) is 0 Å². The number of hydrogen-bond acceptors (Lipinski definition) is 7. The maximum atomic E-state index is 11.5. The number of hydrogen-bond donors (Lipinski definition) is 3. The van der Waals surface area contributed by atoms with Crippen molar-refractivity contribution in [3.8, 4) is 0 Å². The molecule has 1 amide bonds. The van der Waals surface area contributed by atoms with Crippen molar-refractivity contribution in [2.75, 3.05) is 18.1 Å². The Labute approximate surface area is 161 Å². The number of nitrogen functional groups attached to an aromatic ring is 1. The Morgan fingerprint density at radius 1 is 1.22 bits per heavy atom. The minimum Gasteiger partial charge on any atom is -0.454 e. The van der Waals surface area contributed by atoms with Crippen LogP contribution in [0.15, 0.2) is 52.0 Å². The van der Waals surface area contributed by atoms with Crippen molar-refractivity contribution in [3.05, 3.63) is 65.1 Å². The van der Waals surface area contributed by atoms with Gasteiger partial charge in [-0.15, -0.1) is 0 Å². The van der Waals surface area contributed by atoms with Gasteiger partial charge in [0.2, 0.25) is 0 Å². The van der Waals surface area contributed by atoms with E-state index < -0.39 is 0 Å². The quantitative estimate of drug-likeness (QED) is 0.425. The molecule has 2 aromatic heterocycles. The summed E-state index contributed by atoms with van der Waals surface area (Å²) in [4.78, 5) is 20.3. The Bertz CT molecular complexity index is 941. The van der Waals surface area contributed by atoms with Crippen LogP contribution < -0.4 is 16.4 Å². The minimum atomic E-state index is -0.262. The second kappa shape index (κ2) is 8.59. The third-order valence-electron chi connectivity index (χ3n) is 3.90. The number of benzene rings is 1. The van der Waals surface area contributed by atoms with Crippen LogP contribution in [-0.4, -0.2) is 22.9 Å². The van der Waals surface area contributed by atoms with Crippen LogP contribution in [0.2, 0.25) is 0 Å². The van der Waals surface area contributed by atoms with Gasteiger partial charge in [-0.2, -0.15) is 0 Å². The Morgan fingerprint density at radius 3 is 2.81 bits per heavy atom. The van der Waals surface area contributed by atoms with Crippen LogP contribution in [0.4, 0.5) is 11.6 Å². The molecule has 0 spiro atoms. The largest absolute Gasteiger partial charge is 0.454 e. The third kappa shape index (κ3) is 5.01. The molecule has 0 saturated carbocycles. The van der Waals surface area contributed by atoms with Gasteiger partial charge >= 0.3 is 0 Å². The number of furan rings is 1. The standard InChI is InChI=1S/C19H21N5O2S/c1-12-5-3-4-6-13(12)11-27-19-23-16(20)9-17(24-19)22-10-14-7-8-15(26-14)18(25)21-2/h3-9H,10-11H2,1-2H3,(H,21,25)(H3,20,22,23,24). The molecule has 0 bridgehead atoms. The van der Waals surface area contributed by atoms with Gasteiger partial charge in [0.1, 0.15) is 17.4 Å². The molecule has 7 nitrogen and oxygen atoms in total. The van der Waals surface area contributed by atoms with E-state index in [1.165, 1.54) is 22.9 Å². The highest BCUT2D eigenvalue weighted by molar-refractivity contribution is 7.98. The van der Waals surface area contributed by atoms with Gasteiger partial charge in [0.25, 0.3) is 5.91 Å². The van der Waals surface area contributed by atoms with Crippen molar-refractivity contribution in [1.29, 1.82) is 0 Å². The van der Waals surface area contributed by atoms with Crippen molar-refractivity contribution in [3.63, 3.8) is 0 Å². The zero-order chi connectivity index (χ0) is 19.2. The summed E-state index contributed by atoms with van der Waals surface area (Å²) in [6.07, 6.45) is 0. The van der Waals surface area contributed by atoms with Crippen LogP contribution in [0.25, 0.3) is 0 Å². The fraction of sp³-hybridized carbons (Fsp3) is 0.211. The smallest absolute Gasteiger partial charge is 0.286 e. The molecule has 0 radical (unpaired) electrons. The molecule has 3 rings (SSSR count). The predicted octanol–water partition coefficient (Wildman–Crippen LogP) is 3.22. The second-order valence-electron chi connectivity index (χ2n) is 5.87. The van der Waals surface area contributed by atoms with Gasteiger partial charge in [-0.25, -0.2) is 9.97 Å². The summed E-state index contributed by atoms with van der Waals surface area (Å²) in [6, 6.07) is 13.3. The molecular formula is C19H21N5O2S. The highest BCUT2D eigenvalue weighted by Gasteiger charge is 2.10. The average Bonchev–Trinajstić information content (AvgIpc) is 3.14. The molecule has 0 unspecified atom stereocenters. The number of nitrogens with zero attached hydrogens (tertiary/aromatic N) is 2. The van der Waals surface area contributed by atoms with E-state index in [-0.39, 0.29) is 11.7 Å². The van der Waals surface area contributed by atoms with Crippen LogP contribution in [0.1, 0.15) is 27.4 Å². The van der Waals surface area contributed by atoms with Gasteiger partial charge in [-0.3, -0.25) is 4.79 Å². The van der Waals surface area contributed by atoms with Gasteiger partial charge in [0.05, 0.1) is 6.54 Å². The topological polar surface area (TPSA) is 106 Å². The third-order valence-corrected chi connectivity index (χ3v) is 4.80. The van der Waals surface area contributed by atoms with Crippen molar-refractivity contribution < 1.29 is 9.21 Å². The van der Waals surface area contributed by atoms with Crippen LogP contribution in [-0.2, 0) is 12.3 Å². The summed E-state index contributed by atoms with van der Waals surface area (Å²) in [7, 11) is 1.56. The zero-order valence-electron chi connectivity index (χ0n) is 15.2. The fourth-order valence-electron chi connectivity index (χ4n) is 2.41. The number of nitrogens with two attached hydrogens (primary N) is 1. The monoisotopic (exact) mass is 383 g/mol. The molecule has 1 aromatic carbocycles. The first kappa shape index (κ1) is 18.8. The Balaban J connectivity index is 1.64. The summed E-state index contributed by atoms with van der Waals surface area (Å²) < 4.78 is 5.48. The molecule has 0 atom stereocenters. The van der Waals surface area contributed by atoms with E-state index in [2.05, 4.69) is 39.7 Å². The van der Waals surface area contributed by atoms with Crippen LogP contribution in [0.3, 0.4) is 0 Å². The summed E-state index contributed by atoms with van der Waals surface area (Å²) in [5.74, 6) is 2.40. The van der Waals surface area contributed by atoms with Crippen molar-refractivity contribution in [2.45, 2.75) is 24.4 Å². The van der Waals surface area contributed by atoms with Crippen molar-refractivity contribution >= 4 is 29.3 Å². The van der Waals surface area contributed by atoms with E-state index in [9.17, 15) is 4.79 Å². The number of aromatic nitrogens is 2. The van der Waals surface area contributed by atoms with Crippen LogP contribution >= 0.6 is 11.8 Å². The lowest BCUT2D eigenvalue weighted by atomic mass is 10.1. The number of thioether (sulfide) groups is 1. The summed E-state index contributed by atoms with van der Waals surface area (Å²) in [5, 5.41) is 6.28. The summed E-state index contributed by atoms with van der Waals surface area (Å²) >= 11 is 1.53. The van der Waals surface area contributed by atoms with E-state index >= 15 is 0 Å². The second-order valence-corrected chi connectivity index (χ2v) is 6.82. The number of nitrogens with one attached hydrogen (secondary N) is 2. The minimum absolute atomic E-state index is 0.262. The molecule has 0 aliphatic carbocycles. The lowest BCUT2D eigenvalue weighted by Crippen LogP contribution is -2.16. The molecule has 3 aromatic rings. The number of rotatable bonds is 7. The van der Waals surface area contributed by atoms with Gasteiger partial charge in [0.15, 0.2) is 10.9 Å². The summed E-state index contributed by atoms with van der Waals surface area (Å²) in [6.45, 7) is 2.47. The molecule has 8 heteroatoms. The molecule has 0 aliphatic heterocycles. The lowest BCUT2D eigenvalue weighted by Gasteiger charge is -2.08. The Kier molecular flexibility index (Phi) is 5.97. The Morgan fingerprint density at radius 2 is 2.04 bits per heavy atom. The lowest BCUT2D eigenvalue weighted by molar-refractivity contribution is 0.0934. The van der Waals surface area contributed by atoms with E-state index in [0.29, 0.717) is 29.1 Å². The molecular weight excluding hydrogens is 362 g/mol. The van der Waals surface area contributed by atoms with Gasteiger partial charge < -0.3 is 20.8 Å². The molecule has 4 N–H and O–H groups in total. The van der Waals surface area contributed by atoms with E-state index in [4.69, 9.17) is 10.2 Å². The first-order valence-electron chi connectivity index (χ1n) is 8.41. The number of carbonyl (C=O) groups excluding carboxylic acids is 1. The van der Waals surface area contributed by atoms with Crippen LogP contribution in [0.5, 0.6) is 0 Å². The van der Waals surface area contributed by atoms with E-state index in [1.807, 2.05) is 12.1 Å². The molecule has 27 heavy (non-hydrogen) atoms. The highest BCUT2D eigenvalue weighted by Crippen LogP contribution is 2.24. The fourth-order valence-corrected chi connectivity index (χ4v) is 3.35. The molecule has 0 saturated heterocycles. The SMILES string of the molecule is CNC(=O)c1ccc(CNc2cc(N)nc(SCc3ccccc3C)n2)o1. The number of aryl methyl sites for hydroxylation is 1. The van der Waals surface area contributed by atoms with Gasteiger partial charge in [0, 0.05) is 18.9 Å². The maximum Gasteiger partial charge on any atom is 0.286 e. The first-order valence-corrected chi connectivity index (χ1v) is 9.40. The normalized spacial score (nSPS) is 10.6. The maximum absolute atomic E-state index is 11.5. The highest BCUT2D eigenvalue weighted by atomic mass is 32.2. The summed E-state index contributed by atoms with van der Waals surface area (Å²) in [5.41, 5.74) is 8.38. The van der Waals surface area contributed by atoms with Gasteiger partial charge in [-0.1, -0.05) is 36.0 Å². The van der Waals surface area contributed by atoms with Crippen LogP contribution in [0, 0.1) is 6.92 Å². The molecule has 140 valence electrons. The van der Waals surface area contributed by atoms with E-state index in [1.54, 1.807) is 25.2 Å². The molecule has 2 heterocycles. The molecule has 0 fully saturated rings. The first-order chi connectivity index (χ1) is 13.0. The predicted molar refractivity (Wildman–Crippen MR) is 107 cm³/mol. The zero-order valence-corrected chi connectivity index (χ0v) is 16.0. The Hall–Kier alpha value is -3.00. The van der Waals surface area contributed by atoms with Crippen molar-refractivity contribution in [1.82, 2.24) is 15.3 Å². The number of anilines is 2. The number of amides is 1. The molecule has 0 aliphatic rings. The number of carbonyl (C=O) groups is 1. The van der Waals surface area contributed by atoms with Gasteiger partial charge in [-0.05, 0) is 30.2 Å². The van der Waals surface area contributed by atoms with E-state index in [0.717, 1.165) is 5.75 Å².